The first-order valence-electron chi connectivity index (χ1n) is 21.2. The summed E-state index contributed by atoms with van der Waals surface area (Å²) >= 11 is 0. The van der Waals surface area contributed by atoms with E-state index in [9.17, 15) is 0 Å². The first-order valence-corrected chi connectivity index (χ1v) is 21.2. The Morgan fingerprint density at radius 2 is 0.820 bits per heavy atom. The fourth-order valence-corrected chi connectivity index (χ4v) is 10.1. The zero-order valence-corrected chi connectivity index (χ0v) is 34.0. The Kier molecular flexibility index (Phi) is 7.92. The lowest BCUT2D eigenvalue weighted by molar-refractivity contribution is 0.661. The summed E-state index contributed by atoms with van der Waals surface area (Å²) < 4.78 is 0. The van der Waals surface area contributed by atoms with Crippen molar-refractivity contribution in [1.82, 2.24) is 9.97 Å². The maximum absolute atomic E-state index is 5.32. The molecule has 0 spiro atoms. The van der Waals surface area contributed by atoms with E-state index in [1.165, 1.54) is 82.2 Å². The van der Waals surface area contributed by atoms with Crippen molar-refractivity contribution in [1.29, 1.82) is 0 Å². The Balaban J connectivity index is 1.04. The van der Waals surface area contributed by atoms with Crippen molar-refractivity contribution in [2.45, 2.75) is 19.3 Å². The van der Waals surface area contributed by atoms with Crippen molar-refractivity contribution in [3.8, 4) is 67.3 Å². The van der Waals surface area contributed by atoms with Crippen LogP contribution in [-0.4, -0.2) is 9.97 Å². The smallest absolute Gasteiger partial charge is 0.161 e. The molecule has 61 heavy (non-hydrogen) atoms. The Bertz CT molecular complexity index is 3560. The van der Waals surface area contributed by atoms with E-state index in [1.807, 2.05) is 6.07 Å². The fourth-order valence-electron chi connectivity index (χ4n) is 10.1. The van der Waals surface area contributed by atoms with Crippen molar-refractivity contribution in [2.75, 3.05) is 0 Å². The molecule has 0 fully saturated rings. The van der Waals surface area contributed by atoms with Gasteiger partial charge in [-0.05, 0) is 106 Å². The third kappa shape index (κ3) is 5.56. The van der Waals surface area contributed by atoms with E-state index in [-0.39, 0.29) is 5.41 Å². The molecule has 1 heterocycles. The molecule has 1 aliphatic rings. The molecule has 11 aromatic rings. The Hall–Kier alpha value is -7.68. The highest BCUT2D eigenvalue weighted by Gasteiger charge is 2.38. The highest BCUT2D eigenvalue weighted by Crippen LogP contribution is 2.55. The Morgan fingerprint density at radius 3 is 1.51 bits per heavy atom. The first-order chi connectivity index (χ1) is 30.0. The van der Waals surface area contributed by atoms with E-state index in [0.717, 1.165) is 33.5 Å². The number of hydrogen-bond acceptors (Lipinski definition) is 2. The van der Waals surface area contributed by atoms with Gasteiger partial charge in [0.2, 0.25) is 0 Å². The van der Waals surface area contributed by atoms with E-state index in [4.69, 9.17) is 9.97 Å². The van der Waals surface area contributed by atoms with E-state index < -0.39 is 0 Å². The van der Waals surface area contributed by atoms with Gasteiger partial charge in [-0.15, -0.1) is 0 Å². The van der Waals surface area contributed by atoms with E-state index in [0.29, 0.717) is 5.82 Å². The maximum Gasteiger partial charge on any atom is 0.161 e. The Morgan fingerprint density at radius 1 is 0.311 bits per heavy atom. The highest BCUT2D eigenvalue weighted by atomic mass is 14.9. The lowest BCUT2D eigenvalue weighted by atomic mass is 9.81. The van der Waals surface area contributed by atoms with Gasteiger partial charge in [-0.3, -0.25) is 0 Å². The van der Waals surface area contributed by atoms with Crippen LogP contribution in [0.2, 0.25) is 0 Å². The standard InChI is InChI=1S/C59H40N2/c1-59(2)52-26-14-25-50(57(52)56-42-20-9-8-16-38(42)29-34-53(56)59)49-31-30-47(43-21-10-11-22-44(43)49)48-32-33-51(46-24-13-12-23-45(46)48)58-60-54(39-17-4-3-5-18-39)36-55(61-58)41-28-27-37-15-6-7-19-40(37)35-41/h3-36H,1-2H3. The molecule has 0 aliphatic heterocycles. The number of aromatic nitrogens is 2. The monoisotopic (exact) mass is 776 g/mol. The molecule has 0 unspecified atom stereocenters. The summed E-state index contributed by atoms with van der Waals surface area (Å²) in [5.41, 5.74) is 15.2. The molecule has 1 aromatic heterocycles. The van der Waals surface area contributed by atoms with Crippen molar-refractivity contribution in [3.63, 3.8) is 0 Å². The summed E-state index contributed by atoms with van der Waals surface area (Å²) in [6.45, 7) is 4.75. The van der Waals surface area contributed by atoms with Crippen LogP contribution in [-0.2, 0) is 5.41 Å². The normalized spacial score (nSPS) is 12.9. The summed E-state index contributed by atoms with van der Waals surface area (Å²) in [6, 6.07) is 74.9. The average molecular weight is 777 g/mol. The predicted octanol–water partition coefficient (Wildman–Crippen LogP) is 15.7. The largest absolute Gasteiger partial charge is 0.228 e. The summed E-state index contributed by atoms with van der Waals surface area (Å²) in [6.07, 6.45) is 0. The molecule has 10 aromatic carbocycles. The molecule has 0 saturated heterocycles. The summed E-state index contributed by atoms with van der Waals surface area (Å²) in [5, 5.41) is 9.75. The zero-order chi connectivity index (χ0) is 40.7. The van der Waals surface area contributed by atoms with Crippen LogP contribution in [0.5, 0.6) is 0 Å². The van der Waals surface area contributed by atoms with Crippen molar-refractivity contribution in [3.05, 3.63) is 217 Å². The van der Waals surface area contributed by atoms with Crippen LogP contribution in [0.4, 0.5) is 0 Å². The van der Waals surface area contributed by atoms with Gasteiger partial charge in [0, 0.05) is 22.1 Å². The number of benzene rings is 10. The first kappa shape index (κ1) is 35.3. The quantitative estimate of drug-likeness (QED) is 0.174. The second-order valence-corrected chi connectivity index (χ2v) is 16.9. The lowest BCUT2D eigenvalue weighted by Crippen LogP contribution is -2.14. The van der Waals surface area contributed by atoms with Gasteiger partial charge in [0.1, 0.15) is 0 Å². The molecular formula is C59H40N2. The van der Waals surface area contributed by atoms with Gasteiger partial charge in [0.05, 0.1) is 11.4 Å². The van der Waals surface area contributed by atoms with Gasteiger partial charge in [0.15, 0.2) is 5.82 Å². The minimum Gasteiger partial charge on any atom is -0.228 e. The molecule has 2 nitrogen and oxygen atoms in total. The number of fused-ring (bicyclic) bond motifs is 8. The van der Waals surface area contributed by atoms with Crippen LogP contribution in [0.1, 0.15) is 25.0 Å². The van der Waals surface area contributed by atoms with Crippen LogP contribution in [0.15, 0.2) is 206 Å². The van der Waals surface area contributed by atoms with E-state index >= 15 is 0 Å². The molecule has 0 amide bonds. The number of nitrogens with zero attached hydrogens (tertiary/aromatic N) is 2. The van der Waals surface area contributed by atoms with E-state index in [1.54, 1.807) is 0 Å². The van der Waals surface area contributed by atoms with Crippen LogP contribution < -0.4 is 0 Å². The molecule has 0 N–H and O–H groups in total. The minimum atomic E-state index is -0.109. The highest BCUT2D eigenvalue weighted by molar-refractivity contribution is 6.14. The second kappa shape index (κ2) is 13.7. The summed E-state index contributed by atoms with van der Waals surface area (Å²) in [4.78, 5) is 10.6. The Labute approximate surface area is 355 Å². The lowest BCUT2D eigenvalue weighted by Gasteiger charge is -2.22. The summed E-state index contributed by atoms with van der Waals surface area (Å²) in [7, 11) is 0. The third-order valence-electron chi connectivity index (χ3n) is 13.1. The average Bonchev–Trinajstić information content (AvgIpc) is 3.57. The molecule has 1 aliphatic carbocycles. The van der Waals surface area contributed by atoms with Crippen molar-refractivity contribution >= 4 is 43.1 Å². The molecule has 12 rings (SSSR count). The van der Waals surface area contributed by atoms with E-state index in [2.05, 4.69) is 214 Å². The SMILES string of the molecule is CC1(C)c2cccc(-c3ccc(-c4ccc(-c5nc(-c6ccccc6)cc(-c6ccc7ccccc7c6)n5)c5ccccc45)c4ccccc34)c2-c2c1ccc1ccccc21. The van der Waals surface area contributed by atoms with Gasteiger partial charge in [0.25, 0.3) is 0 Å². The van der Waals surface area contributed by atoms with Gasteiger partial charge in [-0.2, -0.15) is 0 Å². The molecule has 0 radical (unpaired) electrons. The molecule has 0 saturated carbocycles. The van der Waals surface area contributed by atoms with Gasteiger partial charge in [-0.1, -0.05) is 202 Å². The molecule has 0 atom stereocenters. The fraction of sp³-hybridized carbons (Fsp3) is 0.0508. The third-order valence-corrected chi connectivity index (χ3v) is 13.1. The van der Waals surface area contributed by atoms with Crippen LogP contribution in [0, 0.1) is 0 Å². The molecule has 2 heteroatoms. The molecule has 0 bridgehead atoms. The van der Waals surface area contributed by atoms with Crippen molar-refractivity contribution < 1.29 is 0 Å². The maximum atomic E-state index is 5.32. The minimum absolute atomic E-state index is 0.109. The van der Waals surface area contributed by atoms with Crippen LogP contribution in [0.25, 0.3) is 110 Å². The van der Waals surface area contributed by atoms with Gasteiger partial charge >= 0.3 is 0 Å². The van der Waals surface area contributed by atoms with Crippen LogP contribution >= 0.6 is 0 Å². The van der Waals surface area contributed by atoms with Gasteiger partial charge in [-0.25, -0.2) is 9.97 Å². The molecular weight excluding hydrogens is 737 g/mol. The zero-order valence-electron chi connectivity index (χ0n) is 34.0. The van der Waals surface area contributed by atoms with Gasteiger partial charge < -0.3 is 0 Å². The number of hydrogen-bond donors (Lipinski definition) is 0. The topological polar surface area (TPSA) is 25.8 Å². The van der Waals surface area contributed by atoms with Crippen molar-refractivity contribution in [2.24, 2.45) is 0 Å². The number of rotatable bonds is 5. The molecule has 286 valence electrons. The van der Waals surface area contributed by atoms with Crippen LogP contribution in [0.3, 0.4) is 0 Å². The predicted molar refractivity (Wildman–Crippen MR) is 257 cm³/mol. The summed E-state index contributed by atoms with van der Waals surface area (Å²) in [5.74, 6) is 0.709. The second-order valence-electron chi connectivity index (χ2n) is 16.9.